The van der Waals surface area contributed by atoms with E-state index in [9.17, 15) is 55.2 Å². The van der Waals surface area contributed by atoms with Crippen molar-refractivity contribution in [2.75, 3.05) is 6.61 Å². The van der Waals surface area contributed by atoms with Crippen molar-refractivity contribution in [2.45, 2.75) is 62.8 Å². The molecule has 0 unspecified atom stereocenters. The minimum atomic E-state index is -2.48. The third-order valence-corrected chi connectivity index (χ3v) is 8.40. The Bertz CT molecular complexity index is 1450. The molecule has 2 aromatic rings. The van der Waals surface area contributed by atoms with E-state index in [1.54, 1.807) is 0 Å². The maximum atomic E-state index is 13.3. The Kier molecular flexibility index (Phi) is 5.89. The molecule has 1 heterocycles. The normalized spacial score (nSPS) is 33.9. The first kappa shape index (κ1) is 28.3. The zero-order valence-corrected chi connectivity index (χ0v) is 21.6. The Morgan fingerprint density at radius 1 is 0.821 bits per heavy atom. The number of aliphatic hydroxyl groups is 4. The molecular weight excluding hydrogens is 520 g/mol. The van der Waals surface area contributed by atoms with E-state index in [2.05, 4.69) is 0 Å². The van der Waals surface area contributed by atoms with Crippen molar-refractivity contribution in [1.29, 1.82) is 0 Å². The van der Waals surface area contributed by atoms with Crippen molar-refractivity contribution in [3.63, 3.8) is 0 Å². The van der Waals surface area contributed by atoms with E-state index in [1.165, 1.54) is 6.92 Å². The van der Waals surface area contributed by atoms with Crippen molar-refractivity contribution in [3.8, 4) is 23.0 Å². The molecule has 8 N–H and O–H groups in total. The number of benzene rings is 2. The molecular formula is C26H28O13. The second kappa shape index (κ2) is 8.13. The molecule has 2 aromatic carbocycles. The van der Waals surface area contributed by atoms with Gasteiger partial charge in [-0.05, 0) is 45.9 Å². The van der Waals surface area contributed by atoms with Crippen LogP contribution in [-0.2, 0) is 4.74 Å². The summed E-state index contributed by atoms with van der Waals surface area (Å²) in [6.07, 6.45) is 0. The van der Waals surface area contributed by atoms with Crippen molar-refractivity contribution in [1.82, 2.24) is 0 Å². The number of fused-ring (bicyclic) bond motifs is 2. The van der Waals surface area contributed by atoms with Gasteiger partial charge in [-0.1, -0.05) is 0 Å². The number of carbonyl (C=O) groups is 3. The lowest BCUT2D eigenvalue weighted by atomic mass is 9.61. The highest BCUT2D eigenvalue weighted by Crippen LogP contribution is 2.55. The summed E-state index contributed by atoms with van der Waals surface area (Å²) in [6, 6.07) is 2.42. The minimum Gasteiger partial charge on any atom is -0.507 e. The second-order valence-corrected chi connectivity index (χ2v) is 10.6. The van der Waals surface area contributed by atoms with Crippen LogP contribution in [0.5, 0.6) is 23.0 Å². The molecule has 0 spiro atoms. The Hall–Kier alpha value is -3.75. The molecule has 39 heavy (non-hydrogen) atoms. The number of ketones is 2. The van der Waals surface area contributed by atoms with Crippen molar-refractivity contribution < 1.29 is 64.7 Å². The smallest absolute Gasteiger partial charge is 0.339 e. The van der Waals surface area contributed by atoms with Gasteiger partial charge in [-0.15, -0.1) is 0 Å². The van der Waals surface area contributed by atoms with Gasteiger partial charge in [0.15, 0.2) is 28.7 Å². The van der Waals surface area contributed by atoms with Crippen LogP contribution in [0.3, 0.4) is 0 Å². The van der Waals surface area contributed by atoms with E-state index in [-0.39, 0.29) is 5.56 Å². The van der Waals surface area contributed by atoms with Crippen LogP contribution in [0.2, 0.25) is 0 Å². The zero-order valence-electron chi connectivity index (χ0n) is 21.6. The summed E-state index contributed by atoms with van der Waals surface area (Å²) in [7, 11) is 0. The summed E-state index contributed by atoms with van der Waals surface area (Å²) in [6.45, 7) is 4.76. The van der Waals surface area contributed by atoms with Crippen LogP contribution < -0.4 is 4.74 Å². The quantitative estimate of drug-likeness (QED) is 0.207. The van der Waals surface area contributed by atoms with Gasteiger partial charge in [0.25, 0.3) is 0 Å². The summed E-state index contributed by atoms with van der Waals surface area (Å²) < 4.78 is 11.6. The van der Waals surface area contributed by atoms with Gasteiger partial charge in [0.2, 0.25) is 11.5 Å². The molecule has 1 fully saturated rings. The predicted molar refractivity (Wildman–Crippen MR) is 129 cm³/mol. The number of aliphatic hydroxyl groups excluding tert-OH is 1. The number of carboxylic acid groups (broad SMARTS) is 1. The lowest BCUT2D eigenvalue weighted by Crippen LogP contribution is -2.85. The first-order valence-electron chi connectivity index (χ1n) is 11.6. The van der Waals surface area contributed by atoms with Gasteiger partial charge >= 0.3 is 5.97 Å². The Morgan fingerprint density at radius 2 is 1.38 bits per heavy atom. The molecule has 1 saturated heterocycles. The zero-order chi connectivity index (χ0) is 29.7. The summed E-state index contributed by atoms with van der Waals surface area (Å²) in [5.74, 6) is -9.58. The molecule has 0 radical (unpaired) electrons. The number of aromatic hydroxyl groups is 3. The van der Waals surface area contributed by atoms with Crippen molar-refractivity contribution >= 4 is 17.5 Å². The van der Waals surface area contributed by atoms with Gasteiger partial charge in [-0.2, -0.15) is 0 Å². The van der Waals surface area contributed by atoms with Crippen LogP contribution in [0, 0.1) is 0 Å². The van der Waals surface area contributed by atoms with Crippen LogP contribution >= 0.6 is 0 Å². The van der Waals surface area contributed by atoms with E-state index in [1.807, 2.05) is 0 Å². The minimum absolute atomic E-state index is 0.384. The Morgan fingerprint density at radius 3 is 1.92 bits per heavy atom. The number of carboxylic acids is 1. The monoisotopic (exact) mass is 548 g/mol. The number of hydrogen-bond donors (Lipinski definition) is 8. The maximum Gasteiger partial charge on any atom is 0.339 e. The molecule has 210 valence electrons. The van der Waals surface area contributed by atoms with Gasteiger partial charge in [-0.25, -0.2) is 4.79 Å². The topological polar surface area (TPSA) is 232 Å². The fraction of sp³-hybridized carbons (Fsp3) is 0.423. The highest BCUT2D eigenvalue weighted by atomic mass is 16.7. The maximum absolute atomic E-state index is 13.3. The third-order valence-electron chi connectivity index (χ3n) is 8.40. The van der Waals surface area contributed by atoms with Crippen LogP contribution in [0.25, 0.3) is 0 Å². The second-order valence-electron chi connectivity index (χ2n) is 10.6. The standard InChI is InChI=1S/C26H28O13/c1-22(9-27)23(2,35)24(3,36)25(4,37)26(5,39-22)38-15-8-13-16(20(32)19(15)31)18(30)10-6-12(21(33)34)14(28)7-11(10)17(13)29/h6-8,27-28,31-32,35-37H,9H2,1-5H3,(H,33,34)/t22-,23-,24-,25+,26+/m1/s1. The lowest BCUT2D eigenvalue weighted by Gasteiger charge is -2.64. The van der Waals surface area contributed by atoms with Gasteiger partial charge in [0.05, 0.1) is 12.2 Å². The first-order chi connectivity index (χ1) is 17.7. The summed E-state index contributed by atoms with van der Waals surface area (Å²) in [5, 5.41) is 84.5. The van der Waals surface area contributed by atoms with Gasteiger partial charge in [-0.3, -0.25) is 9.59 Å². The lowest BCUT2D eigenvalue weighted by molar-refractivity contribution is -0.441. The van der Waals surface area contributed by atoms with E-state index >= 15 is 0 Å². The Balaban J connectivity index is 1.89. The largest absolute Gasteiger partial charge is 0.507 e. The van der Waals surface area contributed by atoms with Crippen LogP contribution in [0.15, 0.2) is 18.2 Å². The van der Waals surface area contributed by atoms with Crippen molar-refractivity contribution in [3.05, 3.63) is 46.0 Å². The van der Waals surface area contributed by atoms with E-state index in [0.29, 0.717) is 0 Å². The van der Waals surface area contributed by atoms with E-state index < -0.39 is 97.6 Å². The first-order valence-corrected chi connectivity index (χ1v) is 11.6. The molecule has 1 aliphatic heterocycles. The summed E-state index contributed by atoms with van der Waals surface area (Å²) in [4.78, 5) is 37.9. The molecule has 5 atom stereocenters. The molecule has 4 rings (SSSR count). The highest BCUT2D eigenvalue weighted by molar-refractivity contribution is 6.30. The van der Waals surface area contributed by atoms with Gasteiger partial charge in [0, 0.05) is 23.6 Å². The fourth-order valence-electron chi connectivity index (χ4n) is 5.11. The highest BCUT2D eigenvalue weighted by Gasteiger charge is 2.75. The number of phenols is 3. The molecule has 1 aliphatic carbocycles. The van der Waals surface area contributed by atoms with E-state index in [4.69, 9.17) is 9.47 Å². The number of phenolic OH excluding ortho intramolecular Hbond substituents is 2. The molecule has 0 aromatic heterocycles. The average Bonchev–Trinajstić information content (AvgIpc) is 2.83. The van der Waals surface area contributed by atoms with Crippen LogP contribution in [-0.4, -0.2) is 93.2 Å². The third kappa shape index (κ3) is 3.41. The number of ether oxygens (including phenoxy) is 2. The summed E-state index contributed by atoms with van der Waals surface area (Å²) in [5.41, 5.74) is -11.8. The number of rotatable bonds is 4. The number of hydrogen-bond acceptors (Lipinski definition) is 12. The SMILES string of the molecule is C[C@]1(Oc2cc3c(c(O)c2O)C(=O)c2cc(C(=O)O)c(O)cc2C3=O)O[C@](C)(CO)[C@@](C)(O)[C@@](C)(O)[C@]1(C)O. The molecule has 0 saturated carbocycles. The predicted octanol–water partition coefficient (Wildman–Crippen LogP) is 0.406. The number of aromatic carboxylic acids is 1. The molecule has 2 aliphatic rings. The molecule has 0 amide bonds. The Labute approximate surface area is 221 Å². The molecule has 13 heteroatoms. The van der Waals surface area contributed by atoms with E-state index in [0.717, 1.165) is 45.9 Å². The van der Waals surface area contributed by atoms with Gasteiger partial charge < -0.3 is 50.3 Å². The fourth-order valence-corrected chi connectivity index (χ4v) is 5.11. The summed E-state index contributed by atoms with van der Waals surface area (Å²) >= 11 is 0. The van der Waals surface area contributed by atoms with Crippen molar-refractivity contribution in [2.24, 2.45) is 0 Å². The molecule has 13 nitrogen and oxygen atoms in total. The molecule has 0 bridgehead atoms. The van der Waals surface area contributed by atoms with Gasteiger partial charge in [0.1, 0.15) is 28.1 Å². The van der Waals surface area contributed by atoms with Crippen LogP contribution in [0.1, 0.15) is 76.8 Å². The van der Waals surface area contributed by atoms with Crippen LogP contribution in [0.4, 0.5) is 0 Å². The average molecular weight is 548 g/mol. The number of carbonyl (C=O) groups excluding carboxylic acids is 2.